The highest BCUT2D eigenvalue weighted by Gasteiger charge is 2.34. The summed E-state index contributed by atoms with van der Waals surface area (Å²) in [4.78, 5) is 0.301. The van der Waals surface area contributed by atoms with Crippen LogP contribution in [-0.2, 0) is 10.0 Å². The lowest BCUT2D eigenvalue weighted by Gasteiger charge is -2.31. The number of benzene rings is 2. The Balaban J connectivity index is 1.51. The quantitative estimate of drug-likeness (QED) is 0.734. The molecular weight excluding hydrogens is 390 g/mol. The average Bonchev–Trinajstić information content (AvgIpc) is 2.68. The summed E-state index contributed by atoms with van der Waals surface area (Å²) in [6.07, 6.45) is 0. The van der Waals surface area contributed by atoms with Crippen molar-refractivity contribution in [2.45, 2.75) is 4.90 Å². The SMILES string of the molecule is COc1ccc(OCC[NH+]2CCN(S(=O)(=O)c3c(F)cccc3F)CC2)cc1. The third-order valence-electron chi connectivity index (χ3n) is 4.73. The molecule has 1 fully saturated rings. The number of hydrogen-bond acceptors (Lipinski definition) is 4. The predicted octanol–water partition coefficient (Wildman–Crippen LogP) is 0.942. The van der Waals surface area contributed by atoms with Crippen molar-refractivity contribution in [3.8, 4) is 11.5 Å². The van der Waals surface area contributed by atoms with Crippen molar-refractivity contribution in [2.24, 2.45) is 0 Å². The van der Waals surface area contributed by atoms with E-state index in [0.29, 0.717) is 26.2 Å². The molecular formula is C19H23F2N2O4S+. The Morgan fingerprint density at radius 2 is 1.57 bits per heavy atom. The first-order chi connectivity index (χ1) is 13.4. The van der Waals surface area contributed by atoms with Crippen molar-refractivity contribution in [2.75, 3.05) is 46.4 Å². The van der Waals surface area contributed by atoms with E-state index in [1.54, 1.807) is 7.11 Å². The first kappa shape index (κ1) is 20.5. The van der Waals surface area contributed by atoms with Gasteiger partial charge in [-0.25, -0.2) is 17.2 Å². The molecule has 0 aliphatic carbocycles. The fourth-order valence-corrected chi connectivity index (χ4v) is 4.69. The van der Waals surface area contributed by atoms with E-state index in [1.807, 2.05) is 24.3 Å². The number of hydrogen-bond donors (Lipinski definition) is 1. The van der Waals surface area contributed by atoms with Gasteiger partial charge < -0.3 is 14.4 Å². The number of piperazine rings is 1. The number of sulfonamides is 1. The Bertz CT molecular complexity index is 878. The Morgan fingerprint density at radius 1 is 1.00 bits per heavy atom. The van der Waals surface area contributed by atoms with Crippen LogP contribution in [0, 0.1) is 11.6 Å². The second-order valence-electron chi connectivity index (χ2n) is 6.48. The Hall–Kier alpha value is -2.23. The van der Waals surface area contributed by atoms with Crippen molar-refractivity contribution in [1.29, 1.82) is 0 Å². The third-order valence-corrected chi connectivity index (χ3v) is 6.68. The van der Waals surface area contributed by atoms with E-state index < -0.39 is 26.6 Å². The fraction of sp³-hybridized carbons (Fsp3) is 0.368. The summed E-state index contributed by atoms with van der Waals surface area (Å²) >= 11 is 0. The van der Waals surface area contributed by atoms with Crippen LogP contribution in [0.2, 0.25) is 0 Å². The smallest absolute Gasteiger partial charge is 0.249 e. The van der Waals surface area contributed by atoms with Gasteiger partial charge in [0, 0.05) is 0 Å². The first-order valence-electron chi connectivity index (χ1n) is 8.96. The molecule has 1 aliphatic heterocycles. The zero-order chi connectivity index (χ0) is 20.1. The van der Waals surface area contributed by atoms with E-state index in [1.165, 1.54) is 4.90 Å². The molecule has 2 aromatic carbocycles. The number of rotatable bonds is 7. The van der Waals surface area contributed by atoms with Gasteiger partial charge in [-0.15, -0.1) is 0 Å². The van der Waals surface area contributed by atoms with Gasteiger partial charge in [0.1, 0.15) is 36.3 Å². The van der Waals surface area contributed by atoms with E-state index >= 15 is 0 Å². The van der Waals surface area contributed by atoms with E-state index in [4.69, 9.17) is 9.47 Å². The molecule has 1 heterocycles. The highest BCUT2D eigenvalue weighted by atomic mass is 32.2. The zero-order valence-corrected chi connectivity index (χ0v) is 16.3. The van der Waals surface area contributed by atoms with Gasteiger partial charge >= 0.3 is 0 Å². The molecule has 0 radical (unpaired) electrons. The second kappa shape index (κ2) is 8.85. The molecule has 1 aliphatic rings. The molecule has 28 heavy (non-hydrogen) atoms. The topological polar surface area (TPSA) is 60.3 Å². The van der Waals surface area contributed by atoms with Crippen molar-refractivity contribution < 1.29 is 31.6 Å². The van der Waals surface area contributed by atoms with Crippen molar-refractivity contribution in [1.82, 2.24) is 4.31 Å². The van der Waals surface area contributed by atoms with Gasteiger partial charge in [0.05, 0.1) is 33.3 Å². The summed E-state index contributed by atoms with van der Waals surface area (Å²) in [6, 6.07) is 10.3. The molecule has 0 amide bonds. The number of quaternary nitrogens is 1. The Kier molecular flexibility index (Phi) is 6.48. The number of methoxy groups -OCH3 is 1. The van der Waals surface area contributed by atoms with Gasteiger partial charge in [0.2, 0.25) is 10.0 Å². The van der Waals surface area contributed by atoms with Crippen LogP contribution in [0.4, 0.5) is 8.78 Å². The molecule has 0 unspecified atom stereocenters. The maximum Gasteiger partial charge on any atom is 0.249 e. The van der Waals surface area contributed by atoms with E-state index in [0.717, 1.165) is 34.0 Å². The highest BCUT2D eigenvalue weighted by Crippen LogP contribution is 2.22. The molecule has 0 bridgehead atoms. The van der Waals surface area contributed by atoms with Crippen LogP contribution in [0.3, 0.4) is 0 Å². The fourth-order valence-electron chi connectivity index (χ4n) is 3.14. The second-order valence-corrected chi connectivity index (χ2v) is 8.35. The molecule has 2 aromatic rings. The summed E-state index contributed by atoms with van der Waals surface area (Å²) in [5.41, 5.74) is 0. The average molecular weight is 413 g/mol. The Labute approximate surface area is 163 Å². The molecule has 152 valence electrons. The van der Waals surface area contributed by atoms with Crippen LogP contribution in [0.1, 0.15) is 0 Å². The maximum absolute atomic E-state index is 13.9. The molecule has 0 aromatic heterocycles. The van der Waals surface area contributed by atoms with Gasteiger partial charge in [-0.3, -0.25) is 0 Å². The van der Waals surface area contributed by atoms with E-state index in [2.05, 4.69) is 0 Å². The minimum atomic E-state index is -4.19. The lowest BCUT2D eigenvalue weighted by Crippen LogP contribution is -3.15. The maximum atomic E-state index is 13.9. The molecule has 0 saturated carbocycles. The van der Waals surface area contributed by atoms with Crippen molar-refractivity contribution >= 4 is 10.0 Å². The molecule has 0 spiro atoms. The van der Waals surface area contributed by atoms with Gasteiger partial charge in [-0.2, -0.15) is 4.31 Å². The summed E-state index contributed by atoms with van der Waals surface area (Å²) in [6.45, 7) is 2.68. The summed E-state index contributed by atoms with van der Waals surface area (Å²) in [7, 11) is -2.59. The van der Waals surface area contributed by atoms with Crippen LogP contribution in [0.5, 0.6) is 11.5 Å². The van der Waals surface area contributed by atoms with Gasteiger partial charge in [-0.05, 0) is 36.4 Å². The molecule has 3 rings (SSSR count). The zero-order valence-electron chi connectivity index (χ0n) is 15.5. The predicted molar refractivity (Wildman–Crippen MR) is 99.2 cm³/mol. The third kappa shape index (κ3) is 4.60. The molecule has 1 saturated heterocycles. The van der Waals surface area contributed by atoms with Crippen molar-refractivity contribution in [3.05, 3.63) is 54.1 Å². The minimum Gasteiger partial charge on any atom is -0.497 e. The number of nitrogens with zero attached hydrogens (tertiary/aromatic N) is 1. The molecule has 6 nitrogen and oxygen atoms in total. The standard InChI is InChI=1S/C19H22F2N2O4S/c1-26-15-5-7-16(8-6-15)27-14-13-22-9-11-23(12-10-22)28(24,25)19-17(20)3-2-4-18(19)21/h2-8H,9-14H2,1H3/p+1. The minimum absolute atomic E-state index is 0.202. The van der Waals surface area contributed by atoms with Gasteiger partial charge in [-0.1, -0.05) is 6.07 Å². The van der Waals surface area contributed by atoms with Gasteiger partial charge in [0.25, 0.3) is 0 Å². The Morgan fingerprint density at radius 3 is 2.14 bits per heavy atom. The molecule has 0 atom stereocenters. The summed E-state index contributed by atoms with van der Waals surface area (Å²) in [5.74, 6) is -0.650. The molecule has 9 heteroatoms. The van der Waals surface area contributed by atoms with Crippen LogP contribution >= 0.6 is 0 Å². The lowest BCUT2D eigenvalue weighted by atomic mass is 10.3. The summed E-state index contributed by atoms with van der Waals surface area (Å²) < 4.78 is 64.9. The van der Waals surface area contributed by atoms with Crippen LogP contribution in [0.25, 0.3) is 0 Å². The normalized spacial score (nSPS) is 16.1. The van der Waals surface area contributed by atoms with Crippen molar-refractivity contribution in [3.63, 3.8) is 0 Å². The van der Waals surface area contributed by atoms with Crippen LogP contribution in [-0.4, -0.2) is 59.2 Å². The van der Waals surface area contributed by atoms with E-state index in [9.17, 15) is 17.2 Å². The summed E-state index contributed by atoms with van der Waals surface area (Å²) in [5, 5.41) is 0. The highest BCUT2D eigenvalue weighted by molar-refractivity contribution is 7.89. The lowest BCUT2D eigenvalue weighted by molar-refractivity contribution is -0.903. The number of nitrogens with one attached hydrogen (secondary N) is 1. The largest absolute Gasteiger partial charge is 0.497 e. The first-order valence-corrected chi connectivity index (χ1v) is 10.4. The number of ether oxygens (including phenoxy) is 2. The van der Waals surface area contributed by atoms with Gasteiger partial charge in [0.15, 0.2) is 4.90 Å². The van der Waals surface area contributed by atoms with Crippen LogP contribution < -0.4 is 14.4 Å². The number of halogens is 2. The van der Waals surface area contributed by atoms with Crippen LogP contribution in [0.15, 0.2) is 47.4 Å². The monoisotopic (exact) mass is 413 g/mol. The van der Waals surface area contributed by atoms with E-state index in [-0.39, 0.29) is 13.1 Å². The molecule has 1 N–H and O–H groups in total.